The third kappa shape index (κ3) is 3.84. The van der Waals surface area contributed by atoms with Gasteiger partial charge in [0.2, 0.25) is 0 Å². The molecule has 1 heteroatoms. The quantitative estimate of drug-likeness (QED) is 0.616. The van der Waals surface area contributed by atoms with Crippen molar-refractivity contribution in [1.82, 2.24) is 0 Å². The van der Waals surface area contributed by atoms with Crippen LogP contribution in [0, 0.1) is 0 Å². The lowest BCUT2D eigenvalue weighted by atomic mass is 9.86. The molecule has 3 rings (SSSR count). The van der Waals surface area contributed by atoms with Gasteiger partial charge in [0.05, 0.1) is 5.69 Å². The Morgan fingerprint density at radius 3 is 2.33 bits per heavy atom. The summed E-state index contributed by atoms with van der Waals surface area (Å²) >= 11 is 0. The van der Waals surface area contributed by atoms with Gasteiger partial charge < -0.3 is 0 Å². The molecule has 1 aliphatic heterocycles. The molecule has 1 nitrogen and oxygen atoms in total. The molecule has 0 spiro atoms. The predicted molar refractivity (Wildman–Crippen MR) is 105 cm³/mol. The van der Waals surface area contributed by atoms with Crippen molar-refractivity contribution in [2.24, 2.45) is 4.99 Å². The Bertz CT molecular complexity index is 786. The Morgan fingerprint density at radius 1 is 1.04 bits per heavy atom. The summed E-state index contributed by atoms with van der Waals surface area (Å²) < 4.78 is 0. The summed E-state index contributed by atoms with van der Waals surface area (Å²) in [5.41, 5.74) is 9.19. The number of fused-ring (bicyclic) bond motifs is 1. The van der Waals surface area contributed by atoms with E-state index in [1.165, 1.54) is 33.5 Å². The van der Waals surface area contributed by atoms with Gasteiger partial charge in [0.25, 0.3) is 0 Å². The maximum atomic E-state index is 4.89. The zero-order valence-electron chi connectivity index (χ0n) is 15.3. The van der Waals surface area contributed by atoms with E-state index >= 15 is 0 Å². The topological polar surface area (TPSA) is 12.4 Å². The van der Waals surface area contributed by atoms with Crippen LogP contribution in [0.2, 0.25) is 0 Å². The third-order valence-corrected chi connectivity index (χ3v) is 4.56. The lowest BCUT2D eigenvalue weighted by molar-refractivity contribution is 0.590. The standard InChI is InChI=1S/C23H27N/c1-16(2)12-17-6-8-18(9-7-17)13-21-14-19-10-11-20(23(3,4)5)15-22(19)24-21/h6-11,15H,1,12-14H2,2-5H3. The maximum absolute atomic E-state index is 4.89. The van der Waals surface area contributed by atoms with Gasteiger partial charge in [-0.25, -0.2) is 0 Å². The van der Waals surface area contributed by atoms with Crippen LogP contribution in [-0.4, -0.2) is 5.71 Å². The number of nitrogens with zero attached hydrogens (tertiary/aromatic N) is 1. The Kier molecular flexibility index (Phi) is 4.45. The second kappa shape index (κ2) is 6.39. The van der Waals surface area contributed by atoms with Gasteiger partial charge in [-0.1, -0.05) is 69.3 Å². The number of benzene rings is 2. The van der Waals surface area contributed by atoms with E-state index in [1.807, 2.05) is 0 Å². The van der Waals surface area contributed by atoms with Gasteiger partial charge in [-0.3, -0.25) is 4.99 Å². The minimum atomic E-state index is 0.173. The average Bonchev–Trinajstić information content (AvgIpc) is 2.89. The molecule has 0 saturated heterocycles. The van der Waals surface area contributed by atoms with Crippen LogP contribution in [0.4, 0.5) is 5.69 Å². The fraction of sp³-hybridized carbons (Fsp3) is 0.348. The molecular weight excluding hydrogens is 290 g/mol. The van der Waals surface area contributed by atoms with E-state index in [-0.39, 0.29) is 5.41 Å². The second-order valence-electron chi connectivity index (χ2n) is 8.08. The van der Waals surface area contributed by atoms with Crippen LogP contribution >= 0.6 is 0 Å². The van der Waals surface area contributed by atoms with Crippen LogP contribution in [0.15, 0.2) is 59.6 Å². The Hall–Kier alpha value is -2.15. The fourth-order valence-electron chi connectivity index (χ4n) is 3.17. The van der Waals surface area contributed by atoms with Crippen molar-refractivity contribution in [1.29, 1.82) is 0 Å². The molecule has 0 unspecified atom stereocenters. The fourth-order valence-corrected chi connectivity index (χ4v) is 3.17. The van der Waals surface area contributed by atoms with Gasteiger partial charge in [-0.2, -0.15) is 0 Å². The SMILES string of the molecule is C=C(C)Cc1ccc(CC2=Nc3cc(C(C)(C)C)ccc3C2)cc1. The molecule has 0 amide bonds. The summed E-state index contributed by atoms with van der Waals surface area (Å²) in [6, 6.07) is 15.6. The van der Waals surface area contributed by atoms with E-state index in [4.69, 9.17) is 4.99 Å². The number of rotatable bonds is 4. The first-order valence-corrected chi connectivity index (χ1v) is 8.73. The smallest absolute Gasteiger partial charge is 0.0668 e. The summed E-state index contributed by atoms with van der Waals surface area (Å²) in [5.74, 6) is 0. The summed E-state index contributed by atoms with van der Waals surface area (Å²) in [4.78, 5) is 4.89. The van der Waals surface area contributed by atoms with Crippen LogP contribution in [-0.2, 0) is 24.7 Å². The molecule has 124 valence electrons. The Balaban J connectivity index is 1.73. The minimum Gasteiger partial charge on any atom is -0.257 e. The predicted octanol–water partition coefficient (Wildman–Crippen LogP) is 5.97. The van der Waals surface area contributed by atoms with Crippen molar-refractivity contribution in [2.75, 3.05) is 0 Å². The molecule has 2 aromatic carbocycles. The molecule has 0 bridgehead atoms. The van der Waals surface area contributed by atoms with E-state index in [2.05, 4.69) is 76.7 Å². The van der Waals surface area contributed by atoms with Crippen LogP contribution in [0.5, 0.6) is 0 Å². The van der Waals surface area contributed by atoms with Gasteiger partial charge in [0.15, 0.2) is 0 Å². The first-order chi connectivity index (χ1) is 11.3. The normalized spacial score (nSPS) is 13.6. The lowest BCUT2D eigenvalue weighted by Crippen LogP contribution is -2.10. The van der Waals surface area contributed by atoms with Crippen LogP contribution in [0.1, 0.15) is 49.9 Å². The molecule has 0 N–H and O–H groups in total. The summed E-state index contributed by atoms with van der Waals surface area (Å²) in [6.07, 6.45) is 2.88. The van der Waals surface area contributed by atoms with Gasteiger partial charge in [0.1, 0.15) is 0 Å². The molecule has 1 heterocycles. The highest BCUT2D eigenvalue weighted by Crippen LogP contribution is 2.33. The van der Waals surface area contributed by atoms with E-state index in [1.54, 1.807) is 0 Å². The summed E-state index contributed by atoms with van der Waals surface area (Å²) in [7, 11) is 0. The van der Waals surface area contributed by atoms with E-state index in [0.29, 0.717) is 0 Å². The lowest BCUT2D eigenvalue weighted by Gasteiger charge is -2.19. The largest absolute Gasteiger partial charge is 0.257 e. The highest BCUT2D eigenvalue weighted by atomic mass is 14.8. The van der Waals surface area contributed by atoms with Crippen molar-refractivity contribution >= 4 is 11.4 Å². The monoisotopic (exact) mass is 317 g/mol. The molecule has 0 aromatic heterocycles. The Morgan fingerprint density at radius 2 is 1.71 bits per heavy atom. The molecular formula is C23H27N. The highest BCUT2D eigenvalue weighted by Gasteiger charge is 2.19. The molecule has 1 aliphatic rings. The second-order valence-corrected chi connectivity index (χ2v) is 8.08. The first-order valence-electron chi connectivity index (χ1n) is 8.73. The average molecular weight is 317 g/mol. The molecule has 0 saturated carbocycles. The van der Waals surface area contributed by atoms with Crippen LogP contribution in [0.3, 0.4) is 0 Å². The number of hydrogen-bond acceptors (Lipinski definition) is 1. The van der Waals surface area contributed by atoms with Gasteiger partial charge in [-0.15, -0.1) is 0 Å². The summed E-state index contributed by atoms with van der Waals surface area (Å²) in [5, 5.41) is 0. The number of aliphatic imine (C=N–C) groups is 1. The third-order valence-electron chi connectivity index (χ3n) is 4.56. The molecule has 24 heavy (non-hydrogen) atoms. The van der Waals surface area contributed by atoms with Crippen molar-refractivity contribution in [3.63, 3.8) is 0 Å². The van der Waals surface area contributed by atoms with Crippen molar-refractivity contribution in [2.45, 2.75) is 52.4 Å². The highest BCUT2D eigenvalue weighted by molar-refractivity contribution is 5.95. The van der Waals surface area contributed by atoms with Gasteiger partial charge in [0, 0.05) is 18.6 Å². The van der Waals surface area contributed by atoms with E-state index in [0.717, 1.165) is 24.9 Å². The maximum Gasteiger partial charge on any atom is 0.0668 e. The Labute approximate surface area is 146 Å². The van der Waals surface area contributed by atoms with Crippen molar-refractivity contribution in [3.05, 3.63) is 76.9 Å². The van der Waals surface area contributed by atoms with Crippen LogP contribution in [0.25, 0.3) is 0 Å². The van der Waals surface area contributed by atoms with E-state index in [9.17, 15) is 0 Å². The zero-order chi connectivity index (χ0) is 17.3. The molecule has 0 fully saturated rings. The van der Waals surface area contributed by atoms with Crippen LogP contribution < -0.4 is 0 Å². The molecule has 0 atom stereocenters. The molecule has 0 radical (unpaired) electrons. The molecule has 2 aromatic rings. The van der Waals surface area contributed by atoms with Gasteiger partial charge >= 0.3 is 0 Å². The van der Waals surface area contributed by atoms with E-state index < -0.39 is 0 Å². The van der Waals surface area contributed by atoms with Crippen molar-refractivity contribution in [3.8, 4) is 0 Å². The zero-order valence-corrected chi connectivity index (χ0v) is 15.3. The van der Waals surface area contributed by atoms with Crippen molar-refractivity contribution < 1.29 is 0 Å². The molecule has 0 aliphatic carbocycles. The first kappa shape index (κ1) is 16.7. The minimum absolute atomic E-state index is 0.173. The van der Waals surface area contributed by atoms with Gasteiger partial charge in [-0.05, 0) is 47.1 Å². The summed E-state index contributed by atoms with van der Waals surface area (Å²) in [6.45, 7) is 12.8. The number of allylic oxidation sites excluding steroid dienone is 1. The number of hydrogen-bond donors (Lipinski definition) is 0.